The molecule has 1 fully saturated rings. The van der Waals surface area contributed by atoms with Gasteiger partial charge in [-0.3, -0.25) is 4.90 Å². The SMILES string of the molecule is C=C1CN(C#N)C(C2c3ccccc3CSc3ccccc32)CN1C(C)C. The molecule has 0 bridgehead atoms. The summed E-state index contributed by atoms with van der Waals surface area (Å²) >= 11 is 1.90. The van der Waals surface area contributed by atoms with Gasteiger partial charge in [0.05, 0.1) is 12.6 Å². The Bertz CT molecular complexity index is 851. The van der Waals surface area contributed by atoms with E-state index in [0.717, 1.165) is 18.0 Å². The lowest BCUT2D eigenvalue weighted by atomic mass is 9.81. The van der Waals surface area contributed by atoms with Crippen LogP contribution >= 0.6 is 11.8 Å². The van der Waals surface area contributed by atoms with E-state index in [2.05, 4.69) is 80.1 Å². The largest absolute Gasteiger partial charge is 0.369 e. The number of thioether (sulfide) groups is 1. The van der Waals surface area contributed by atoms with E-state index in [-0.39, 0.29) is 12.0 Å². The van der Waals surface area contributed by atoms with Crippen molar-refractivity contribution in [3.63, 3.8) is 0 Å². The molecule has 2 aliphatic heterocycles. The van der Waals surface area contributed by atoms with E-state index in [1.807, 2.05) is 16.7 Å². The number of rotatable bonds is 2. The van der Waals surface area contributed by atoms with Gasteiger partial charge in [-0.2, -0.15) is 5.26 Å². The van der Waals surface area contributed by atoms with Crippen molar-refractivity contribution in [2.75, 3.05) is 13.1 Å². The van der Waals surface area contributed by atoms with Gasteiger partial charge in [-0.15, -0.1) is 11.8 Å². The average Bonchev–Trinajstić information content (AvgIpc) is 2.84. The third kappa shape index (κ3) is 3.21. The van der Waals surface area contributed by atoms with Crippen LogP contribution in [0.2, 0.25) is 0 Å². The lowest BCUT2D eigenvalue weighted by Gasteiger charge is -2.46. The summed E-state index contributed by atoms with van der Waals surface area (Å²) in [7, 11) is 0. The molecule has 4 heteroatoms. The third-order valence-corrected chi connectivity index (χ3v) is 6.85. The highest BCUT2D eigenvalue weighted by atomic mass is 32.2. The summed E-state index contributed by atoms with van der Waals surface area (Å²) in [5.41, 5.74) is 5.11. The number of benzene rings is 2. The normalized spacial score (nSPS) is 22.1. The molecule has 4 rings (SSSR count). The summed E-state index contributed by atoms with van der Waals surface area (Å²) in [6.07, 6.45) is 2.46. The van der Waals surface area contributed by atoms with Crippen LogP contribution in [0.3, 0.4) is 0 Å². The Labute approximate surface area is 166 Å². The van der Waals surface area contributed by atoms with Gasteiger partial charge in [-0.25, -0.2) is 0 Å². The van der Waals surface area contributed by atoms with Crippen LogP contribution < -0.4 is 0 Å². The number of hydrogen-bond acceptors (Lipinski definition) is 4. The molecule has 0 amide bonds. The topological polar surface area (TPSA) is 30.3 Å². The molecule has 2 unspecified atom stereocenters. The molecule has 2 aliphatic rings. The van der Waals surface area contributed by atoms with Gasteiger partial charge in [0.1, 0.15) is 0 Å². The zero-order valence-corrected chi connectivity index (χ0v) is 16.7. The highest BCUT2D eigenvalue weighted by Crippen LogP contribution is 2.44. The van der Waals surface area contributed by atoms with Gasteiger partial charge in [-0.1, -0.05) is 49.0 Å². The smallest absolute Gasteiger partial charge is 0.180 e. The van der Waals surface area contributed by atoms with Gasteiger partial charge >= 0.3 is 0 Å². The first-order chi connectivity index (χ1) is 13.1. The lowest BCUT2D eigenvalue weighted by molar-refractivity contribution is 0.126. The monoisotopic (exact) mass is 375 g/mol. The maximum Gasteiger partial charge on any atom is 0.180 e. The standard InChI is InChI=1S/C23H25N3S/c1-16(2)26-13-21(25(15-24)12-17(26)3)23-19-9-5-4-8-18(19)14-27-22-11-7-6-10-20(22)23/h4-11,16,21,23H,3,12-14H2,1-2H3. The first kappa shape index (κ1) is 18.0. The Balaban J connectivity index is 1.86. The minimum absolute atomic E-state index is 0.101. The van der Waals surface area contributed by atoms with Gasteiger partial charge in [0.15, 0.2) is 6.19 Å². The zero-order valence-electron chi connectivity index (χ0n) is 15.9. The van der Waals surface area contributed by atoms with Gasteiger partial charge in [0.25, 0.3) is 0 Å². The minimum Gasteiger partial charge on any atom is -0.369 e. The van der Waals surface area contributed by atoms with Crippen LogP contribution in [0, 0.1) is 11.5 Å². The molecule has 2 atom stereocenters. The molecular formula is C23H25N3S. The van der Waals surface area contributed by atoms with Crippen LogP contribution in [-0.4, -0.2) is 35.0 Å². The fourth-order valence-corrected chi connectivity index (χ4v) is 5.49. The van der Waals surface area contributed by atoms with Crippen molar-refractivity contribution in [3.05, 3.63) is 77.5 Å². The van der Waals surface area contributed by atoms with Crippen LogP contribution in [0.5, 0.6) is 0 Å². The molecule has 0 aromatic heterocycles. The molecule has 0 spiro atoms. The number of fused-ring (bicyclic) bond motifs is 2. The molecule has 0 aliphatic carbocycles. The molecule has 0 N–H and O–H groups in total. The second-order valence-electron chi connectivity index (χ2n) is 7.61. The van der Waals surface area contributed by atoms with Crippen LogP contribution in [-0.2, 0) is 5.75 Å². The summed E-state index contributed by atoms with van der Waals surface area (Å²) in [5, 5.41) is 9.91. The Morgan fingerprint density at radius 3 is 2.56 bits per heavy atom. The summed E-state index contributed by atoms with van der Waals surface area (Å²) in [4.78, 5) is 5.63. The van der Waals surface area contributed by atoms with Crippen molar-refractivity contribution < 1.29 is 0 Å². The fourth-order valence-electron chi connectivity index (χ4n) is 4.38. The van der Waals surface area contributed by atoms with Crippen molar-refractivity contribution in [3.8, 4) is 6.19 Å². The quantitative estimate of drug-likeness (QED) is 0.705. The Kier molecular flexibility index (Phi) is 4.88. The van der Waals surface area contributed by atoms with Crippen LogP contribution in [0.15, 0.2) is 65.7 Å². The summed E-state index contributed by atoms with van der Waals surface area (Å²) in [6.45, 7) is 10.1. The van der Waals surface area contributed by atoms with Crippen LogP contribution in [0.25, 0.3) is 0 Å². The van der Waals surface area contributed by atoms with Crippen LogP contribution in [0.4, 0.5) is 0 Å². The third-order valence-electron chi connectivity index (χ3n) is 5.71. The van der Waals surface area contributed by atoms with Crippen molar-refractivity contribution in [2.45, 2.75) is 42.5 Å². The maximum absolute atomic E-state index is 9.91. The number of hydrogen-bond donors (Lipinski definition) is 0. The van der Waals surface area contributed by atoms with E-state index in [1.165, 1.54) is 21.6 Å². The molecule has 1 saturated heterocycles. The van der Waals surface area contributed by atoms with Gasteiger partial charge in [-0.05, 0) is 36.6 Å². The van der Waals surface area contributed by atoms with Gasteiger partial charge in [0.2, 0.25) is 0 Å². The molecule has 2 aromatic rings. The van der Waals surface area contributed by atoms with Crippen molar-refractivity contribution >= 4 is 11.8 Å². The molecule has 2 heterocycles. The second-order valence-corrected chi connectivity index (χ2v) is 8.63. The highest BCUT2D eigenvalue weighted by molar-refractivity contribution is 7.98. The predicted octanol–water partition coefficient (Wildman–Crippen LogP) is 4.81. The minimum atomic E-state index is 0.101. The Morgan fingerprint density at radius 2 is 1.81 bits per heavy atom. The zero-order chi connectivity index (χ0) is 19.0. The Morgan fingerprint density at radius 1 is 1.11 bits per heavy atom. The van der Waals surface area contributed by atoms with E-state index in [1.54, 1.807) is 0 Å². The predicted molar refractivity (Wildman–Crippen MR) is 111 cm³/mol. The molecule has 0 radical (unpaired) electrons. The molecule has 2 aromatic carbocycles. The van der Waals surface area contributed by atoms with Crippen molar-refractivity contribution in [1.29, 1.82) is 5.26 Å². The molecule has 0 saturated carbocycles. The first-order valence-electron chi connectivity index (χ1n) is 9.50. The van der Waals surface area contributed by atoms with Gasteiger partial charge in [0, 0.05) is 34.8 Å². The van der Waals surface area contributed by atoms with Crippen molar-refractivity contribution in [1.82, 2.24) is 9.80 Å². The molecule has 3 nitrogen and oxygen atoms in total. The Hall–Kier alpha value is -2.38. The van der Waals surface area contributed by atoms with Crippen molar-refractivity contribution in [2.24, 2.45) is 0 Å². The summed E-state index contributed by atoms with van der Waals surface area (Å²) in [6, 6.07) is 17.9. The molecular weight excluding hydrogens is 350 g/mol. The summed E-state index contributed by atoms with van der Waals surface area (Å²) < 4.78 is 0. The molecule has 138 valence electrons. The number of nitrogens with zero attached hydrogens (tertiary/aromatic N) is 3. The average molecular weight is 376 g/mol. The highest BCUT2D eigenvalue weighted by Gasteiger charge is 2.39. The van der Waals surface area contributed by atoms with E-state index in [0.29, 0.717) is 12.6 Å². The van der Waals surface area contributed by atoms with Gasteiger partial charge < -0.3 is 4.90 Å². The lowest BCUT2D eigenvalue weighted by Crippen LogP contribution is -2.54. The van der Waals surface area contributed by atoms with Crippen LogP contribution in [0.1, 0.15) is 36.5 Å². The second kappa shape index (κ2) is 7.32. The molecule has 27 heavy (non-hydrogen) atoms. The van der Waals surface area contributed by atoms with E-state index >= 15 is 0 Å². The first-order valence-corrected chi connectivity index (χ1v) is 10.5. The van der Waals surface area contributed by atoms with E-state index in [4.69, 9.17) is 0 Å². The van der Waals surface area contributed by atoms with E-state index in [9.17, 15) is 5.26 Å². The number of nitriles is 1. The number of piperazine rings is 1. The fraction of sp³-hybridized carbons (Fsp3) is 0.348. The maximum atomic E-state index is 9.91. The van der Waals surface area contributed by atoms with E-state index < -0.39 is 0 Å². The summed E-state index contributed by atoms with van der Waals surface area (Å²) in [5.74, 6) is 1.16.